The van der Waals surface area contributed by atoms with Gasteiger partial charge in [0.1, 0.15) is 0 Å². The maximum atomic E-state index is 0. The van der Waals surface area contributed by atoms with Crippen molar-refractivity contribution in [1.29, 1.82) is 0 Å². The fourth-order valence-electron chi connectivity index (χ4n) is 0. The van der Waals surface area contributed by atoms with Crippen molar-refractivity contribution >= 4 is 10.1 Å². The molecule has 0 aromatic carbocycles. The van der Waals surface area contributed by atoms with E-state index < -0.39 is 0 Å². The summed E-state index contributed by atoms with van der Waals surface area (Å²) >= 11 is 0. The molecular weight excluding hydrogens is 53.9 g/mol. The summed E-state index contributed by atoms with van der Waals surface area (Å²) in [6.45, 7) is 0. The van der Waals surface area contributed by atoms with Gasteiger partial charge in [-0.25, -0.2) is 0 Å². The van der Waals surface area contributed by atoms with Crippen molar-refractivity contribution in [2.24, 2.45) is 0 Å². The summed E-state index contributed by atoms with van der Waals surface area (Å²) in [5.74, 6) is 0. The van der Waals surface area contributed by atoms with Crippen LogP contribution < -0.4 is 28.3 Å². The van der Waals surface area contributed by atoms with Crippen molar-refractivity contribution in [1.82, 2.24) is 0 Å². The molecule has 18 valence electrons. The van der Waals surface area contributed by atoms with E-state index >= 15 is 0 Å². The standard InChI is InChI=1S/Be.2FH.Li.H/h;2*1H;;/q+2;;;+1;-1/p-2. The number of hydrogen-bond acceptors (Lipinski definition) is 0. The molecular formula is HBeF2Li. The van der Waals surface area contributed by atoms with Crippen LogP contribution in [0.1, 0.15) is 1.43 Å². The first-order chi connectivity index (χ1) is 0. The van der Waals surface area contributed by atoms with E-state index in [0.717, 1.165) is 0 Å². The average molecular weight is 55.0 g/mol. The number of halogens is 2. The van der Waals surface area contributed by atoms with Gasteiger partial charge in [0.05, 0.1) is 0 Å². The van der Waals surface area contributed by atoms with Crippen molar-refractivity contribution in [3.63, 3.8) is 0 Å². The van der Waals surface area contributed by atoms with Crippen molar-refractivity contribution in [3.05, 3.63) is 0 Å². The molecule has 0 heterocycles. The molecule has 0 spiro atoms. The molecule has 0 radical (unpaired) electrons. The quantitative estimate of drug-likeness (QED) is 0.241. The zero-order valence-corrected chi connectivity index (χ0v) is 2.46. The van der Waals surface area contributed by atoms with E-state index in [1.165, 1.54) is 0 Å². The Labute approximate surface area is 40.6 Å². The van der Waals surface area contributed by atoms with Crippen molar-refractivity contribution in [2.75, 3.05) is 0 Å². The van der Waals surface area contributed by atoms with E-state index in [-0.39, 0.29) is 39.8 Å². The summed E-state index contributed by atoms with van der Waals surface area (Å²) in [5, 5.41) is 0. The molecule has 0 bridgehead atoms. The molecule has 0 nitrogen and oxygen atoms in total. The SMILES string of the molecule is [Be+2].[F-].[F-].[H-].[Li+]. The number of rotatable bonds is 0. The topological polar surface area (TPSA) is 0 Å². The van der Waals surface area contributed by atoms with Crippen LogP contribution in [0.3, 0.4) is 0 Å². The molecule has 0 aliphatic carbocycles. The molecule has 0 N–H and O–H groups in total. The summed E-state index contributed by atoms with van der Waals surface area (Å²) in [5.41, 5.74) is 0. The Hall–Kier alpha value is 0.626. The molecule has 0 aromatic rings. The maximum Gasteiger partial charge on any atom is 2.00 e. The van der Waals surface area contributed by atoms with Crippen LogP contribution in [0.25, 0.3) is 0 Å². The summed E-state index contributed by atoms with van der Waals surface area (Å²) in [7, 11) is 0. The zero-order chi connectivity index (χ0) is 0. The second-order valence-corrected chi connectivity index (χ2v) is 0. The van der Waals surface area contributed by atoms with Gasteiger partial charge in [0, 0.05) is 0 Å². The van der Waals surface area contributed by atoms with Crippen LogP contribution in [0.2, 0.25) is 0 Å². The smallest absolute Gasteiger partial charge is 1.00 e. The average Bonchev–Trinajstić information content (AvgIpc) is 0. The Morgan fingerprint density at radius 1 is 1.00 bits per heavy atom. The molecule has 0 saturated carbocycles. The van der Waals surface area contributed by atoms with Crippen LogP contribution >= 0.6 is 0 Å². The minimum atomic E-state index is 0. The van der Waals surface area contributed by atoms with Crippen molar-refractivity contribution in [3.8, 4) is 0 Å². The minimum Gasteiger partial charge on any atom is -1.00 e. The third-order valence-electron chi connectivity index (χ3n) is 0. The van der Waals surface area contributed by atoms with Gasteiger partial charge in [-0.1, -0.05) is 0 Å². The number of hydrogen-bond donors (Lipinski definition) is 0. The molecule has 0 saturated heterocycles. The molecule has 0 unspecified atom stereocenters. The minimum absolute atomic E-state index is 0. The van der Waals surface area contributed by atoms with Gasteiger partial charge in [-0.05, 0) is 0 Å². The maximum absolute atomic E-state index is 0. The molecule has 0 aliphatic rings. The van der Waals surface area contributed by atoms with E-state index in [1.807, 2.05) is 0 Å². The largest absolute Gasteiger partial charge is 2.00 e. The third kappa shape index (κ3) is 17.7. The molecule has 4 heavy (non-hydrogen) atoms. The van der Waals surface area contributed by atoms with Crippen LogP contribution in [0.5, 0.6) is 0 Å². The van der Waals surface area contributed by atoms with Gasteiger partial charge in [-0.2, -0.15) is 0 Å². The Balaban J connectivity index is 0. The molecule has 4 heteroatoms. The first-order valence-corrected chi connectivity index (χ1v) is 0. The first kappa shape index (κ1) is 155. The molecule has 0 aliphatic heterocycles. The van der Waals surface area contributed by atoms with Gasteiger partial charge < -0.3 is 10.8 Å². The monoisotopic (exact) mass is 55.0 g/mol. The predicted molar refractivity (Wildman–Crippen MR) is 6.87 cm³/mol. The van der Waals surface area contributed by atoms with E-state index in [1.54, 1.807) is 0 Å². The van der Waals surface area contributed by atoms with Crippen LogP contribution in [-0.4, -0.2) is 10.1 Å². The Morgan fingerprint density at radius 3 is 1.00 bits per heavy atom. The molecule has 0 amide bonds. The van der Waals surface area contributed by atoms with Crippen molar-refractivity contribution in [2.45, 2.75) is 0 Å². The van der Waals surface area contributed by atoms with E-state index in [2.05, 4.69) is 0 Å². The van der Waals surface area contributed by atoms with Gasteiger partial charge in [0.2, 0.25) is 0 Å². The molecule has 0 atom stereocenters. The predicted octanol–water partition coefficient (Wildman–Crippen LogP) is -9.26. The Morgan fingerprint density at radius 2 is 1.00 bits per heavy atom. The first-order valence-electron chi connectivity index (χ1n) is 0. The third-order valence-corrected chi connectivity index (χ3v) is 0. The van der Waals surface area contributed by atoms with Gasteiger partial charge in [0.25, 0.3) is 0 Å². The van der Waals surface area contributed by atoms with Gasteiger partial charge in [-0.15, -0.1) is 0 Å². The van der Waals surface area contributed by atoms with Gasteiger partial charge in [0.15, 0.2) is 0 Å². The Bertz CT molecular complexity index is 9.61. The van der Waals surface area contributed by atoms with E-state index in [4.69, 9.17) is 0 Å². The normalized spacial score (nSPS) is 0. The van der Waals surface area contributed by atoms with Crippen LogP contribution in [0.15, 0.2) is 0 Å². The van der Waals surface area contributed by atoms with Gasteiger partial charge in [-0.3, -0.25) is 0 Å². The fraction of sp³-hybridized carbons (Fsp3) is 0. The second kappa shape index (κ2) is 63.8. The van der Waals surface area contributed by atoms with Crippen LogP contribution in [-0.2, 0) is 0 Å². The summed E-state index contributed by atoms with van der Waals surface area (Å²) in [6.07, 6.45) is 0. The van der Waals surface area contributed by atoms with Gasteiger partial charge >= 0.3 is 29.0 Å². The van der Waals surface area contributed by atoms with Crippen LogP contribution in [0, 0.1) is 0 Å². The molecule has 0 aromatic heterocycles. The second-order valence-electron chi connectivity index (χ2n) is 0. The molecule has 0 fully saturated rings. The van der Waals surface area contributed by atoms with Crippen molar-refractivity contribution < 1.29 is 29.7 Å². The zero-order valence-electron chi connectivity index (χ0n) is 3.46. The van der Waals surface area contributed by atoms with E-state index in [0.29, 0.717) is 0 Å². The van der Waals surface area contributed by atoms with Crippen LogP contribution in [0.4, 0.5) is 0 Å². The van der Waals surface area contributed by atoms with E-state index in [9.17, 15) is 0 Å². The Kier molecular flexibility index (Phi) is 2470. The summed E-state index contributed by atoms with van der Waals surface area (Å²) < 4.78 is 0. The summed E-state index contributed by atoms with van der Waals surface area (Å²) in [4.78, 5) is 0. The summed E-state index contributed by atoms with van der Waals surface area (Å²) in [6, 6.07) is 0. The molecule has 0 rings (SSSR count). The fourth-order valence-corrected chi connectivity index (χ4v) is 0.